The van der Waals surface area contributed by atoms with Crippen molar-refractivity contribution in [3.8, 4) is 11.5 Å². The van der Waals surface area contributed by atoms with Gasteiger partial charge in [0.2, 0.25) is 0 Å². The zero-order valence-corrected chi connectivity index (χ0v) is 17.6. The highest BCUT2D eigenvalue weighted by Gasteiger charge is 2.44. The molecule has 1 saturated heterocycles. The van der Waals surface area contributed by atoms with Crippen molar-refractivity contribution in [2.24, 2.45) is 0 Å². The number of methoxy groups -OCH3 is 1. The molecule has 0 unspecified atom stereocenters. The Morgan fingerprint density at radius 2 is 1.90 bits per heavy atom. The van der Waals surface area contributed by atoms with Gasteiger partial charge in [-0.1, -0.05) is 23.7 Å². The Balaban J connectivity index is 1.54. The van der Waals surface area contributed by atoms with Crippen molar-refractivity contribution in [2.75, 3.05) is 20.2 Å². The summed E-state index contributed by atoms with van der Waals surface area (Å²) in [7, 11) is 1.56. The van der Waals surface area contributed by atoms with Gasteiger partial charge in [-0.2, -0.15) is 0 Å². The molecule has 0 aromatic heterocycles. The van der Waals surface area contributed by atoms with E-state index in [1.54, 1.807) is 19.2 Å². The molecule has 0 saturated carbocycles. The molecule has 0 radical (unpaired) electrons. The van der Waals surface area contributed by atoms with Crippen LogP contribution in [-0.2, 0) is 0 Å². The number of hydrogen-bond acceptors (Lipinski definition) is 4. The number of para-hydroxylation sites is 1. The second-order valence-electron chi connectivity index (χ2n) is 7.88. The second-order valence-corrected chi connectivity index (χ2v) is 8.26. The summed E-state index contributed by atoms with van der Waals surface area (Å²) in [6.45, 7) is 4.84. The predicted octanol–water partition coefficient (Wildman–Crippen LogP) is 4.61. The Morgan fingerprint density at radius 3 is 2.59 bits per heavy atom. The van der Waals surface area contributed by atoms with E-state index in [1.165, 1.54) is 0 Å². The van der Waals surface area contributed by atoms with Crippen molar-refractivity contribution >= 4 is 23.3 Å². The number of aryl methyl sites for hydroxylation is 1. The largest absolute Gasteiger partial charge is 0.496 e. The minimum atomic E-state index is -0.561. The van der Waals surface area contributed by atoms with Crippen molar-refractivity contribution < 1.29 is 19.1 Å². The van der Waals surface area contributed by atoms with Crippen LogP contribution in [0.5, 0.6) is 11.5 Å². The number of halogens is 1. The fourth-order valence-corrected chi connectivity index (χ4v) is 4.54. The summed E-state index contributed by atoms with van der Waals surface area (Å²) >= 11 is 6.33. The van der Waals surface area contributed by atoms with Gasteiger partial charge >= 0.3 is 0 Å². The molecule has 2 aliphatic rings. The van der Waals surface area contributed by atoms with Gasteiger partial charge in [0.1, 0.15) is 17.1 Å². The van der Waals surface area contributed by atoms with Gasteiger partial charge in [-0.3, -0.25) is 9.59 Å². The molecule has 0 N–H and O–H groups in total. The number of carbonyl (C=O) groups is 2. The van der Waals surface area contributed by atoms with Crippen LogP contribution in [0.1, 0.15) is 51.1 Å². The van der Waals surface area contributed by atoms with Crippen molar-refractivity contribution in [3.63, 3.8) is 0 Å². The number of hydrogen-bond donors (Lipinski definition) is 0. The highest BCUT2D eigenvalue weighted by atomic mass is 35.5. The Morgan fingerprint density at radius 1 is 1.21 bits per heavy atom. The number of Topliss-reactive ketones (excluding diaryl/α,β-unsaturated/α-hetero) is 1. The Kier molecular flexibility index (Phi) is 5.03. The normalized spacial score (nSPS) is 17.7. The molecule has 4 rings (SSSR count). The van der Waals surface area contributed by atoms with Crippen LogP contribution in [0.4, 0.5) is 0 Å². The molecule has 1 amide bonds. The first-order valence-corrected chi connectivity index (χ1v) is 10.2. The van der Waals surface area contributed by atoms with Gasteiger partial charge in [-0.15, -0.1) is 0 Å². The molecule has 29 heavy (non-hydrogen) atoms. The summed E-state index contributed by atoms with van der Waals surface area (Å²) in [6.07, 6.45) is 1.54. The Hall–Kier alpha value is -2.53. The first-order chi connectivity index (χ1) is 13.8. The molecule has 2 aromatic carbocycles. The lowest BCUT2D eigenvalue weighted by molar-refractivity contribution is -0.00586. The summed E-state index contributed by atoms with van der Waals surface area (Å²) in [5.41, 5.74) is 2.27. The molecular weight excluding hydrogens is 390 g/mol. The zero-order valence-electron chi connectivity index (χ0n) is 16.9. The Labute approximate surface area is 175 Å². The number of likely N-dealkylation sites (tertiary alicyclic amines) is 1. The fourth-order valence-electron chi connectivity index (χ4n) is 4.39. The highest BCUT2D eigenvalue weighted by Crippen LogP contribution is 2.43. The topological polar surface area (TPSA) is 55.8 Å². The molecule has 1 spiro atoms. The lowest BCUT2D eigenvalue weighted by Gasteiger charge is -2.44. The molecular formula is C23H24ClNO4. The smallest absolute Gasteiger partial charge is 0.257 e. The van der Waals surface area contributed by atoms with Gasteiger partial charge < -0.3 is 14.4 Å². The molecule has 2 heterocycles. The van der Waals surface area contributed by atoms with E-state index >= 15 is 0 Å². The molecule has 5 nitrogen and oxygen atoms in total. The number of rotatable bonds is 2. The average Bonchev–Trinajstić information content (AvgIpc) is 2.71. The summed E-state index contributed by atoms with van der Waals surface area (Å²) in [4.78, 5) is 27.7. The Bertz CT molecular complexity index is 993. The fraction of sp³-hybridized carbons (Fsp3) is 0.391. The van der Waals surface area contributed by atoms with Crippen molar-refractivity contribution in [1.82, 2.24) is 4.90 Å². The number of ketones is 1. The van der Waals surface area contributed by atoms with E-state index < -0.39 is 5.60 Å². The summed E-state index contributed by atoms with van der Waals surface area (Å²) in [6, 6.07) is 9.09. The number of nitrogens with zero attached hydrogens (tertiary/aromatic N) is 1. The van der Waals surface area contributed by atoms with Crippen LogP contribution in [0.2, 0.25) is 5.02 Å². The minimum Gasteiger partial charge on any atom is -0.496 e. The maximum atomic E-state index is 13.0. The van der Waals surface area contributed by atoms with E-state index in [1.807, 2.05) is 36.9 Å². The third-order valence-corrected chi connectivity index (χ3v) is 6.61. The molecule has 2 aromatic rings. The van der Waals surface area contributed by atoms with E-state index in [-0.39, 0.29) is 11.7 Å². The molecule has 0 bridgehead atoms. The van der Waals surface area contributed by atoms with Gasteiger partial charge in [-0.25, -0.2) is 0 Å². The molecule has 0 atom stereocenters. The van der Waals surface area contributed by atoms with E-state index in [9.17, 15) is 9.59 Å². The highest BCUT2D eigenvalue weighted by molar-refractivity contribution is 6.32. The molecule has 6 heteroatoms. The lowest BCUT2D eigenvalue weighted by atomic mass is 9.81. The van der Waals surface area contributed by atoms with Gasteiger partial charge in [-0.05, 0) is 43.2 Å². The number of benzene rings is 2. The van der Waals surface area contributed by atoms with Crippen LogP contribution in [0, 0.1) is 13.8 Å². The summed E-state index contributed by atoms with van der Waals surface area (Å²) < 4.78 is 11.7. The molecule has 2 aliphatic heterocycles. The molecule has 152 valence electrons. The predicted molar refractivity (Wildman–Crippen MR) is 111 cm³/mol. The van der Waals surface area contributed by atoms with Crippen LogP contribution in [0.15, 0.2) is 30.3 Å². The number of carbonyl (C=O) groups excluding carboxylic acids is 2. The molecule has 1 fully saturated rings. The lowest BCUT2D eigenvalue weighted by Crippen LogP contribution is -2.52. The van der Waals surface area contributed by atoms with E-state index in [0.29, 0.717) is 60.0 Å². The van der Waals surface area contributed by atoms with E-state index in [2.05, 4.69) is 0 Å². The van der Waals surface area contributed by atoms with Crippen molar-refractivity contribution in [3.05, 3.63) is 57.6 Å². The number of piperidine rings is 1. The van der Waals surface area contributed by atoms with Crippen molar-refractivity contribution in [1.29, 1.82) is 0 Å². The quantitative estimate of drug-likeness (QED) is 0.721. The van der Waals surface area contributed by atoms with Crippen LogP contribution < -0.4 is 9.47 Å². The zero-order chi connectivity index (χ0) is 20.8. The third-order valence-electron chi connectivity index (χ3n) is 6.03. The van der Waals surface area contributed by atoms with Gasteiger partial charge in [0.05, 0.1) is 24.7 Å². The average molecular weight is 414 g/mol. The first-order valence-electron chi connectivity index (χ1n) is 9.79. The monoisotopic (exact) mass is 413 g/mol. The van der Waals surface area contributed by atoms with E-state index in [4.69, 9.17) is 21.1 Å². The number of ether oxygens (including phenoxy) is 2. The number of amides is 1. The maximum absolute atomic E-state index is 13.0. The second kappa shape index (κ2) is 7.38. The maximum Gasteiger partial charge on any atom is 0.257 e. The van der Waals surface area contributed by atoms with Crippen LogP contribution in [0.25, 0.3) is 0 Å². The van der Waals surface area contributed by atoms with E-state index in [0.717, 1.165) is 11.1 Å². The standard InChI is InChI=1S/C23H24ClNO4/c1-14-12-19-20(15(2)21(14)24)17(26)13-23(29-19)8-10-25(11-9-23)22(27)16-6-4-5-7-18(16)28-3/h4-7,12H,8-11,13H2,1-3H3. The van der Waals surface area contributed by atoms with Crippen LogP contribution in [0.3, 0.4) is 0 Å². The van der Waals surface area contributed by atoms with Gasteiger partial charge in [0, 0.05) is 31.0 Å². The van der Waals surface area contributed by atoms with Crippen molar-refractivity contribution in [2.45, 2.75) is 38.7 Å². The SMILES string of the molecule is COc1ccccc1C(=O)N1CCC2(CC1)CC(=O)c1c(cc(C)c(Cl)c1C)O2. The summed E-state index contributed by atoms with van der Waals surface area (Å²) in [5.74, 6) is 1.19. The molecule has 0 aliphatic carbocycles. The minimum absolute atomic E-state index is 0.0571. The van der Waals surface area contributed by atoms with Crippen LogP contribution in [-0.4, -0.2) is 42.4 Å². The summed E-state index contributed by atoms with van der Waals surface area (Å²) in [5, 5.41) is 0.619. The number of fused-ring (bicyclic) bond motifs is 1. The first kappa shape index (κ1) is 19.8. The van der Waals surface area contributed by atoms with Crippen LogP contribution >= 0.6 is 11.6 Å². The van der Waals surface area contributed by atoms with Gasteiger partial charge in [0.25, 0.3) is 5.91 Å². The van der Waals surface area contributed by atoms with Gasteiger partial charge in [0.15, 0.2) is 5.78 Å². The third kappa shape index (κ3) is 3.38.